The Kier molecular flexibility index (Phi) is 5.24. The van der Waals surface area contributed by atoms with E-state index in [1.165, 1.54) is 0 Å². The number of rotatable bonds is 6. The van der Waals surface area contributed by atoms with E-state index in [4.69, 9.17) is 9.62 Å². The van der Waals surface area contributed by atoms with Crippen LogP contribution in [0.4, 0.5) is 0 Å². The van der Waals surface area contributed by atoms with Gasteiger partial charge in [-0.15, -0.1) is 0 Å². The molecule has 0 aliphatic heterocycles. The minimum atomic E-state index is -0.0779. The predicted molar refractivity (Wildman–Crippen MR) is 111 cm³/mol. The van der Waals surface area contributed by atoms with Gasteiger partial charge in [0.2, 0.25) is 5.91 Å². The van der Waals surface area contributed by atoms with Gasteiger partial charge in [0.1, 0.15) is 5.76 Å². The Labute approximate surface area is 169 Å². The first kappa shape index (κ1) is 18.7. The maximum Gasteiger partial charge on any atom is 0.224 e. The molecule has 4 rings (SSSR count). The molecule has 0 saturated carbocycles. The molecule has 0 spiro atoms. The highest BCUT2D eigenvalue weighted by molar-refractivity contribution is 5.79. The van der Waals surface area contributed by atoms with Gasteiger partial charge in [-0.05, 0) is 26.0 Å². The molecule has 0 unspecified atom stereocenters. The summed E-state index contributed by atoms with van der Waals surface area (Å²) in [6.07, 6.45) is 2.21. The summed E-state index contributed by atoms with van der Waals surface area (Å²) in [4.78, 5) is 12.5. The molecule has 1 amide bonds. The Balaban J connectivity index is 1.57. The van der Waals surface area contributed by atoms with E-state index in [0.29, 0.717) is 12.3 Å². The zero-order chi connectivity index (χ0) is 20.2. The number of benzene rings is 2. The van der Waals surface area contributed by atoms with E-state index >= 15 is 0 Å². The number of nitrogens with zero attached hydrogens (tertiary/aromatic N) is 3. The molecule has 6 nitrogen and oxygen atoms in total. The fraction of sp³-hybridized carbons (Fsp3) is 0.174. The summed E-state index contributed by atoms with van der Waals surface area (Å²) in [5.74, 6) is 0.602. The van der Waals surface area contributed by atoms with Gasteiger partial charge in [-0.2, -0.15) is 5.10 Å². The summed E-state index contributed by atoms with van der Waals surface area (Å²) in [5.41, 5.74) is 5.37. The minimum Gasteiger partial charge on any atom is -0.361 e. The van der Waals surface area contributed by atoms with Crippen molar-refractivity contribution < 1.29 is 9.32 Å². The lowest BCUT2D eigenvalue weighted by molar-refractivity contribution is -0.120. The Morgan fingerprint density at radius 3 is 2.38 bits per heavy atom. The van der Waals surface area contributed by atoms with Crippen molar-refractivity contribution in [1.29, 1.82) is 0 Å². The monoisotopic (exact) mass is 386 g/mol. The zero-order valence-corrected chi connectivity index (χ0v) is 16.4. The first-order valence-corrected chi connectivity index (χ1v) is 9.49. The molecule has 0 radical (unpaired) electrons. The van der Waals surface area contributed by atoms with Gasteiger partial charge in [-0.25, -0.2) is 4.68 Å². The van der Waals surface area contributed by atoms with Crippen molar-refractivity contribution in [3.8, 4) is 16.9 Å². The van der Waals surface area contributed by atoms with Crippen LogP contribution in [0.3, 0.4) is 0 Å². The normalized spacial score (nSPS) is 10.8. The summed E-state index contributed by atoms with van der Waals surface area (Å²) < 4.78 is 6.99. The predicted octanol–water partition coefficient (Wildman–Crippen LogP) is 4.00. The van der Waals surface area contributed by atoms with Gasteiger partial charge >= 0.3 is 0 Å². The summed E-state index contributed by atoms with van der Waals surface area (Å²) in [7, 11) is 0. The molecular weight excluding hydrogens is 364 g/mol. The molecule has 0 bridgehead atoms. The number of carbonyl (C=O) groups is 1. The van der Waals surface area contributed by atoms with Crippen molar-refractivity contribution in [2.45, 2.75) is 26.8 Å². The SMILES string of the molecule is Cc1noc(C)c1CC(=O)NCc1cn(-c2ccccc2)nc1-c1ccccc1. The van der Waals surface area contributed by atoms with Crippen molar-refractivity contribution in [2.75, 3.05) is 0 Å². The Morgan fingerprint density at radius 1 is 1.03 bits per heavy atom. The molecule has 29 heavy (non-hydrogen) atoms. The average molecular weight is 386 g/mol. The van der Waals surface area contributed by atoms with Crippen molar-refractivity contribution in [2.24, 2.45) is 0 Å². The highest BCUT2D eigenvalue weighted by Gasteiger charge is 2.16. The average Bonchev–Trinajstić information content (AvgIpc) is 3.32. The standard InChI is InChI=1S/C23H22N4O2/c1-16-21(17(2)29-26-16)13-22(28)24-14-19-15-27(20-11-7-4-8-12-20)25-23(19)18-9-5-3-6-10-18/h3-12,15H,13-14H2,1-2H3,(H,24,28). The first-order valence-electron chi connectivity index (χ1n) is 9.49. The van der Waals surface area contributed by atoms with E-state index in [1.54, 1.807) is 0 Å². The number of amides is 1. The molecule has 0 atom stereocenters. The van der Waals surface area contributed by atoms with Gasteiger partial charge in [-0.3, -0.25) is 4.79 Å². The molecule has 2 aromatic carbocycles. The van der Waals surface area contributed by atoms with Gasteiger partial charge in [0.25, 0.3) is 0 Å². The number of para-hydroxylation sites is 1. The zero-order valence-electron chi connectivity index (χ0n) is 16.4. The van der Waals surface area contributed by atoms with Gasteiger partial charge in [-0.1, -0.05) is 53.7 Å². The van der Waals surface area contributed by atoms with Gasteiger partial charge in [0, 0.05) is 29.4 Å². The fourth-order valence-corrected chi connectivity index (χ4v) is 3.26. The molecule has 4 aromatic rings. The summed E-state index contributed by atoms with van der Waals surface area (Å²) >= 11 is 0. The quantitative estimate of drug-likeness (QED) is 0.544. The van der Waals surface area contributed by atoms with Crippen molar-refractivity contribution in [3.63, 3.8) is 0 Å². The van der Waals surface area contributed by atoms with Crippen LogP contribution >= 0.6 is 0 Å². The van der Waals surface area contributed by atoms with Crippen LogP contribution in [0.25, 0.3) is 16.9 Å². The highest BCUT2D eigenvalue weighted by atomic mass is 16.5. The van der Waals surface area contributed by atoms with Crippen LogP contribution < -0.4 is 5.32 Å². The Morgan fingerprint density at radius 2 is 1.72 bits per heavy atom. The van der Waals surface area contributed by atoms with Crippen molar-refractivity contribution >= 4 is 5.91 Å². The maximum atomic E-state index is 12.5. The van der Waals surface area contributed by atoms with E-state index in [2.05, 4.69) is 10.5 Å². The Bertz CT molecular complexity index is 1100. The second kappa shape index (κ2) is 8.14. The number of aryl methyl sites for hydroxylation is 2. The smallest absolute Gasteiger partial charge is 0.224 e. The van der Waals surface area contributed by atoms with Crippen molar-refractivity contribution in [1.82, 2.24) is 20.3 Å². The van der Waals surface area contributed by atoms with Crippen LogP contribution in [0.5, 0.6) is 0 Å². The van der Waals surface area contributed by atoms with Crippen LogP contribution in [0.1, 0.15) is 22.6 Å². The molecule has 0 aliphatic carbocycles. The van der Waals surface area contributed by atoms with Gasteiger partial charge in [0.05, 0.1) is 23.5 Å². The molecular formula is C23H22N4O2. The lowest BCUT2D eigenvalue weighted by Gasteiger charge is -2.06. The second-order valence-corrected chi connectivity index (χ2v) is 6.91. The van der Waals surface area contributed by atoms with E-state index in [1.807, 2.05) is 85.4 Å². The number of aromatic nitrogens is 3. The number of hydrogen-bond acceptors (Lipinski definition) is 4. The van der Waals surface area contributed by atoms with E-state index in [0.717, 1.165) is 33.8 Å². The van der Waals surface area contributed by atoms with Crippen LogP contribution in [-0.4, -0.2) is 20.8 Å². The molecule has 6 heteroatoms. The van der Waals surface area contributed by atoms with Crippen molar-refractivity contribution in [3.05, 3.63) is 89.4 Å². The van der Waals surface area contributed by atoms with Gasteiger partial charge in [0.15, 0.2) is 0 Å². The van der Waals surface area contributed by atoms with E-state index < -0.39 is 0 Å². The topological polar surface area (TPSA) is 73.0 Å². The largest absolute Gasteiger partial charge is 0.361 e. The highest BCUT2D eigenvalue weighted by Crippen LogP contribution is 2.23. The third kappa shape index (κ3) is 4.11. The van der Waals surface area contributed by atoms with Crippen LogP contribution in [0.15, 0.2) is 71.4 Å². The third-order valence-corrected chi connectivity index (χ3v) is 4.85. The van der Waals surface area contributed by atoms with Crippen LogP contribution in [0.2, 0.25) is 0 Å². The maximum absolute atomic E-state index is 12.5. The number of hydrogen-bond donors (Lipinski definition) is 1. The number of nitrogens with one attached hydrogen (secondary N) is 1. The first-order chi connectivity index (χ1) is 14.1. The second-order valence-electron chi connectivity index (χ2n) is 6.91. The molecule has 0 fully saturated rings. The third-order valence-electron chi connectivity index (χ3n) is 4.85. The lowest BCUT2D eigenvalue weighted by Crippen LogP contribution is -2.25. The van der Waals surface area contributed by atoms with E-state index in [9.17, 15) is 4.79 Å². The molecule has 1 N–H and O–H groups in total. The summed E-state index contributed by atoms with van der Waals surface area (Å²) in [5, 5.41) is 11.7. The molecule has 2 heterocycles. The summed E-state index contributed by atoms with van der Waals surface area (Å²) in [6, 6.07) is 19.9. The van der Waals surface area contributed by atoms with Crippen LogP contribution in [-0.2, 0) is 17.8 Å². The lowest BCUT2D eigenvalue weighted by atomic mass is 10.1. The number of carbonyl (C=O) groups excluding carboxylic acids is 1. The molecule has 146 valence electrons. The molecule has 2 aromatic heterocycles. The van der Waals surface area contributed by atoms with Crippen LogP contribution in [0, 0.1) is 13.8 Å². The molecule has 0 saturated heterocycles. The Hall–Kier alpha value is -3.67. The van der Waals surface area contributed by atoms with E-state index in [-0.39, 0.29) is 12.3 Å². The van der Waals surface area contributed by atoms with Gasteiger partial charge < -0.3 is 9.84 Å². The minimum absolute atomic E-state index is 0.0779. The fourth-order valence-electron chi connectivity index (χ4n) is 3.26. The summed E-state index contributed by atoms with van der Waals surface area (Å²) in [6.45, 7) is 4.05. The molecule has 0 aliphatic rings.